The minimum atomic E-state index is 0.0224. The highest BCUT2D eigenvalue weighted by Gasteiger charge is 2.25. The van der Waals surface area contributed by atoms with Crippen LogP contribution in [-0.2, 0) is 0 Å². The largest absolute Gasteiger partial charge is 0.497 e. The molecule has 0 bridgehead atoms. The van der Waals surface area contributed by atoms with Gasteiger partial charge in [0.2, 0.25) is 5.95 Å². The Morgan fingerprint density at radius 1 is 0.968 bits per heavy atom. The van der Waals surface area contributed by atoms with E-state index >= 15 is 0 Å². The lowest BCUT2D eigenvalue weighted by atomic mass is 10.2. The molecular weight excluding hydrogens is 392 g/mol. The number of piperazine rings is 2. The molecule has 31 heavy (non-hydrogen) atoms. The molecule has 8 nitrogen and oxygen atoms in total. The number of rotatable bonds is 5. The molecule has 2 aliphatic rings. The molecule has 0 unspecified atom stereocenters. The normalized spacial score (nSPS) is 17.7. The predicted octanol–water partition coefficient (Wildman–Crippen LogP) is 1.90. The number of hydrogen-bond donors (Lipinski definition) is 0. The highest BCUT2D eigenvalue weighted by molar-refractivity contribution is 5.95. The van der Waals surface area contributed by atoms with E-state index in [9.17, 15) is 4.79 Å². The number of nitrogens with zero attached hydrogens (tertiary/aromatic N) is 6. The quantitative estimate of drug-likeness (QED) is 0.726. The molecule has 0 saturated carbocycles. The van der Waals surface area contributed by atoms with Crippen LogP contribution in [0.3, 0.4) is 0 Å². The predicted molar refractivity (Wildman–Crippen MR) is 122 cm³/mol. The van der Waals surface area contributed by atoms with E-state index in [-0.39, 0.29) is 5.91 Å². The number of aryl methyl sites for hydroxylation is 1. The first-order chi connectivity index (χ1) is 15.1. The third-order valence-corrected chi connectivity index (χ3v) is 6.30. The summed E-state index contributed by atoms with van der Waals surface area (Å²) in [5.41, 5.74) is 2.51. The Balaban J connectivity index is 1.36. The number of likely N-dealkylation sites (N-methyl/N-ethyl adjacent to an activating group) is 1. The van der Waals surface area contributed by atoms with Crippen LogP contribution in [0.15, 0.2) is 30.5 Å². The second-order valence-corrected chi connectivity index (χ2v) is 8.07. The minimum absolute atomic E-state index is 0.0224. The van der Waals surface area contributed by atoms with E-state index in [1.807, 2.05) is 24.0 Å². The summed E-state index contributed by atoms with van der Waals surface area (Å²) in [6.07, 6.45) is 1.71. The van der Waals surface area contributed by atoms with Crippen molar-refractivity contribution in [3.8, 4) is 5.75 Å². The van der Waals surface area contributed by atoms with Gasteiger partial charge in [0.15, 0.2) is 0 Å². The van der Waals surface area contributed by atoms with Gasteiger partial charge in [-0.15, -0.1) is 0 Å². The summed E-state index contributed by atoms with van der Waals surface area (Å²) in [5, 5.41) is 0. The van der Waals surface area contributed by atoms with Crippen LogP contribution in [0.2, 0.25) is 0 Å². The second-order valence-electron chi connectivity index (χ2n) is 8.07. The van der Waals surface area contributed by atoms with Crippen molar-refractivity contribution in [3.05, 3.63) is 41.7 Å². The maximum Gasteiger partial charge on any atom is 0.257 e. The van der Waals surface area contributed by atoms with Crippen molar-refractivity contribution in [2.75, 3.05) is 75.8 Å². The number of methoxy groups -OCH3 is 1. The van der Waals surface area contributed by atoms with Gasteiger partial charge < -0.3 is 24.3 Å². The number of ether oxygens (including phenoxy) is 1. The zero-order chi connectivity index (χ0) is 21.8. The lowest BCUT2D eigenvalue weighted by Gasteiger charge is -2.36. The summed E-state index contributed by atoms with van der Waals surface area (Å²) in [5.74, 6) is 1.60. The van der Waals surface area contributed by atoms with Gasteiger partial charge >= 0.3 is 0 Å². The van der Waals surface area contributed by atoms with Gasteiger partial charge in [0.05, 0.1) is 18.4 Å². The van der Waals surface area contributed by atoms with Crippen molar-refractivity contribution < 1.29 is 9.53 Å². The maximum absolute atomic E-state index is 13.1. The zero-order valence-electron chi connectivity index (χ0n) is 18.8. The van der Waals surface area contributed by atoms with Gasteiger partial charge in [0.1, 0.15) is 5.75 Å². The Morgan fingerprint density at radius 3 is 2.19 bits per heavy atom. The molecule has 1 aromatic heterocycles. The van der Waals surface area contributed by atoms with Crippen LogP contribution >= 0.6 is 0 Å². The van der Waals surface area contributed by atoms with E-state index < -0.39 is 0 Å². The molecule has 166 valence electrons. The Bertz CT molecular complexity index is 887. The third-order valence-electron chi connectivity index (χ3n) is 6.30. The van der Waals surface area contributed by atoms with E-state index in [0.717, 1.165) is 68.9 Å². The first-order valence-electron chi connectivity index (χ1n) is 11.1. The van der Waals surface area contributed by atoms with Crippen LogP contribution in [0.4, 0.5) is 11.6 Å². The monoisotopic (exact) mass is 424 g/mol. The standard InChI is InChI=1S/C23H32N6O2/c1-4-26-9-11-29(12-10-26)23-24-17-21(18(2)25-23)22(30)28-15-13-27(14-16-28)19-5-7-20(31-3)8-6-19/h5-8,17H,4,9-16H2,1-3H3. The number of amides is 1. The first kappa shape index (κ1) is 21.4. The van der Waals surface area contributed by atoms with Crippen LogP contribution in [0.1, 0.15) is 23.0 Å². The fourth-order valence-electron chi connectivity index (χ4n) is 4.21. The Morgan fingerprint density at radius 2 is 1.61 bits per heavy atom. The topological polar surface area (TPSA) is 65.0 Å². The summed E-state index contributed by atoms with van der Waals surface area (Å²) in [6.45, 7) is 12.1. The molecule has 4 rings (SSSR count). The van der Waals surface area contributed by atoms with Crippen LogP contribution < -0.4 is 14.5 Å². The average molecular weight is 425 g/mol. The van der Waals surface area contributed by atoms with Crippen molar-refractivity contribution in [2.24, 2.45) is 0 Å². The van der Waals surface area contributed by atoms with Crippen LogP contribution in [0.25, 0.3) is 0 Å². The van der Waals surface area contributed by atoms with Gasteiger partial charge in [0, 0.05) is 64.2 Å². The average Bonchev–Trinajstić information content (AvgIpc) is 2.84. The molecule has 0 N–H and O–H groups in total. The van der Waals surface area contributed by atoms with Crippen molar-refractivity contribution in [1.82, 2.24) is 19.8 Å². The molecule has 0 aliphatic carbocycles. The fourth-order valence-corrected chi connectivity index (χ4v) is 4.21. The third kappa shape index (κ3) is 4.74. The molecule has 8 heteroatoms. The number of carbonyl (C=O) groups is 1. The van der Waals surface area contributed by atoms with E-state index in [2.05, 4.69) is 43.7 Å². The zero-order valence-corrected chi connectivity index (χ0v) is 18.8. The van der Waals surface area contributed by atoms with Gasteiger partial charge in [-0.25, -0.2) is 9.97 Å². The minimum Gasteiger partial charge on any atom is -0.497 e. The molecule has 0 spiro atoms. The van der Waals surface area contributed by atoms with Gasteiger partial charge in [-0.2, -0.15) is 0 Å². The first-order valence-corrected chi connectivity index (χ1v) is 11.1. The maximum atomic E-state index is 13.1. The highest BCUT2D eigenvalue weighted by Crippen LogP contribution is 2.22. The molecule has 2 aromatic rings. The summed E-state index contributed by atoms with van der Waals surface area (Å²) in [7, 11) is 1.67. The molecule has 3 heterocycles. The van der Waals surface area contributed by atoms with Crippen molar-refractivity contribution in [2.45, 2.75) is 13.8 Å². The Labute approximate surface area is 184 Å². The number of carbonyl (C=O) groups excluding carboxylic acids is 1. The van der Waals surface area contributed by atoms with Crippen molar-refractivity contribution in [3.63, 3.8) is 0 Å². The van der Waals surface area contributed by atoms with Crippen LogP contribution in [0.5, 0.6) is 5.75 Å². The molecule has 1 amide bonds. The molecular formula is C23H32N6O2. The summed E-state index contributed by atoms with van der Waals surface area (Å²) < 4.78 is 5.23. The SMILES string of the molecule is CCN1CCN(c2ncc(C(=O)N3CCN(c4ccc(OC)cc4)CC3)c(C)n2)CC1. The number of hydrogen-bond acceptors (Lipinski definition) is 7. The fraction of sp³-hybridized carbons (Fsp3) is 0.522. The van der Waals surface area contributed by atoms with Crippen LogP contribution in [-0.4, -0.2) is 91.7 Å². The van der Waals surface area contributed by atoms with E-state index in [0.29, 0.717) is 18.7 Å². The Kier molecular flexibility index (Phi) is 6.56. The Hall–Kier alpha value is -2.87. The number of anilines is 2. The van der Waals surface area contributed by atoms with E-state index in [4.69, 9.17) is 4.74 Å². The smallest absolute Gasteiger partial charge is 0.257 e. The van der Waals surface area contributed by atoms with E-state index in [1.54, 1.807) is 13.3 Å². The summed E-state index contributed by atoms with van der Waals surface area (Å²) in [6, 6.07) is 8.06. The summed E-state index contributed by atoms with van der Waals surface area (Å²) in [4.78, 5) is 31.1. The van der Waals surface area contributed by atoms with Gasteiger partial charge in [-0.1, -0.05) is 6.92 Å². The number of benzene rings is 1. The van der Waals surface area contributed by atoms with Crippen LogP contribution in [0, 0.1) is 6.92 Å². The molecule has 2 fully saturated rings. The van der Waals surface area contributed by atoms with Gasteiger partial charge in [-0.05, 0) is 37.7 Å². The van der Waals surface area contributed by atoms with Crippen molar-refractivity contribution in [1.29, 1.82) is 0 Å². The van der Waals surface area contributed by atoms with Gasteiger partial charge in [0.25, 0.3) is 5.91 Å². The van der Waals surface area contributed by atoms with Crippen molar-refractivity contribution >= 4 is 17.5 Å². The molecule has 2 aliphatic heterocycles. The molecule has 2 saturated heterocycles. The lowest BCUT2D eigenvalue weighted by molar-refractivity contribution is 0.0745. The summed E-state index contributed by atoms with van der Waals surface area (Å²) >= 11 is 0. The molecule has 0 radical (unpaired) electrons. The molecule has 0 atom stereocenters. The number of aromatic nitrogens is 2. The van der Waals surface area contributed by atoms with Gasteiger partial charge in [-0.3, -0.25) is 4.79 Å². The van der Waals surface area contributed by atoms with E-state index in [1.165, 1.54) is 0 Å². The second kappa shape index (κ2) is 9.51. The molecule has 1 aromatic carbocycles. The lowest BCUT2D eigenvalue weighted by Crippen LogP contribution is -2.49. The highest BCUT2D eigenvalue weighted by atomic mass is 16.5.